The summed E-state index contributed by atoms with van der Waals surface area (Å²) < 4.78 is 13.9. The quantitative estimate of drug-likeness (QED) is 0.0893. The van der Waals surface area contributed by atoms with Crippen LogP contribution in [0.25, 0.3) is 5.69 Å². The zero-order chi connectivity index (χ0) is 42.2. The minimum atomic E-state index is -2.66. The van der Waals surface area contributed by atoms with E-state index in [9.17, 15) is 0 Å². The van der Waals surface area contributed by atoms with Gasteiger partial charge in [0, 0.05) is 38.0 Å². The standard InChI is InChI=1S/C55H47N5P2/c1-43-38-39-54(58-61(47-26-12-4-13-27-47,48-28-14-5-15-29-48)49-30-16-6-17-31-49)45(40-43)41-56-42-53-44(2)57-60(46-24-10-3-11-25-46)55(53)59-62(50-32-18-7-19-33-50,51-34-20-8-21-35-51)52-36-22-9-23-37-52/h3-40,42H,41H2,1-2H3. The molecule has 1 heterocycles. The maximum absolute atomic E-state index is 6.01. The van der Waals surface area contributed by atoms with Crippen LogP contribution in [0.5, 0.6) is 0 Å². The van der Waals surface area contributed by atoms with Crippen LogP contribution in [0, 0.1) is 13.8 Å². The highest BCUT2D eigenvalue weighted by Gasteiger charge is 2.30. The van der Waals surface area contributed by atoms with Crippen LogP contribution in [0.4, 0.5) is 11.5 Å². The second kappa shape index (κ2) is 18.4. The van der Waals surface area contributed by atoms with E-state index in [1.54, 1.807) is 0 Å². The highest BCUT2D eigenvalue weighted by molar-refractivity contribution is 7.88. The molecule has 0 saturated heterocycles. The number of aliphatic imine (C=N–C) groups is 1. The van der Waals surface area contributed by atoms with Crippen molar-refractivity contribution in [3.63, 3.8) is 0 Å². The molecule has 302 valence electrons. The first-order valence-electron chi connectivity index (χ1n) is 20.9. The van der Waals surface area contributed by atoms with E-state index in [2.05, 4.69) is 226 Å². The molecule has 0 aliphatic heterocycles. The van der Waals surface area contributed by atoms with Crippen molar-refractivity contribution in [2.45, 2.75) is 20.4 Å². The Morgan fingerprint density at radius 2 is 0.823 bits per heavy atom. The summed E-state index contributed by atoms with van der Waals surface area (Å²) in [6.07, 6.45) is 1.98. The summed E-state index contributed by atoms with van der Waals surface area (Å²) in [6, 6.07) is 81.4. The molecule has 0 bridgehead atoms. The van der Waals surface area contributed by atoms with Crippen molar-refractivity contribution in [1.29, 1.82) is 0 Å². The largest absolute Gasteiger partial charge is 0.288 e. The summed E-state index contributed by atoms with van der Waals surface area (Å²) in [5.41, 5.74) is 5.81. The van der Waals surface area contributed by atoms with Gasteiger partial charge in [0.05, 0.1) is 43.3 Å². The number of aryl methyl sites for hydroxylation is 2. The van der Waals surface area contributed by atoms with Gasteiger partial charge in [-0.3, -0.25) is 9.74 Å². The van der Waals surface area contributed by atoms with Crippen molar-refractivity contribution in [2.24, 2.45) is 14.5 Å². The number of para-hydroxylation sites is 1. The molecule has 1 aromatic heterocycles. The van der Waals surface area contributed by atoms with Gasteiger partial charge >= 0.3 is 0 Å². The normalized spacial score (nSPS) is 11.7. The van der Waals surface area contributed by atoms with Crippen molar-refractivity contribution in [3.8, 4) is 5.69 Å². The minimum Gasteiger partial charge on any atom is -0.288 e. The highest BCUT2D eigenvalue weighted by Crippen LogP contribution is 2.51. The third kappa shape index (κ3) is 8.02. The molecule has 0 aliphatic rings. The van der Waals surface area contributed by atoms with Crippen molar-refractivity contribution >= 4 is 63.7 Å². The van der Waals surface area contributed by atoms with E-state index < -0.39 is 14.1 Å². The molecule has 9 aromatic rings. The molecule has 0 aliphatic carbocycles. The number of hydrogen-bond donors (Lipinski definition) is 0. The van der Waals surface area contributed by atoms with E-state index in [0.717, 1.165) is 55.5 Å². The third-order valence-corrected chi connectivity index (χ3v) is 18.4. The molecule has 62 heavy (non-hydrogen) atoms. The van der Waals surface area contributed by atoms with Crippen molar-refractivity contribution < 1.29 is 0 Å². The van der Waals surface area contributed by atoms with Crippen LogP contribution in [0.2, 0.25) is 0 Å². The van der Waals surface area contributed by atoms with Gasteiger partial charge in [0.25, 0.3) is 0 Å². The topological polar surface area (TPSA) is 54.9 Å². The number of hydrogen-bond acceptors (Lipinski definition) is 4. The van der Waals surface area contributed by atoms with Crippen LogP contribution in [0.15, 0.2) is 245 Å². The number of benzene rings is 8. The van der Waals surface area contributed by atoms with Crippen molar-refractivity contribution in [3.05, 3.63) is 253 Å². The fourth-order valence-electron chi connectivity index (χ4n) is 8.10. The number of rotatable bonds is 12. The van der Waals surface area contributed by atoms with Crippen LogP contribution in [0.3, 0.4) is 0 Å². The van der Waals surface area contributed by atoms with Gasteiger partial charge in [-0.25, -0.2) is 9.43 Å². The second-order valence-corrected chi connectivity index (χ2v) is 21.2. The summed E-state index contributed by atoms with van der Waals surface area (Å²) in [7, 11) is -5.18. The van der Waals surface area contributed by atoms with E-state index in [1.165, 1.54) is 15.9 Å². The van der Waals surface area contributed by atoms with E-state index in [1.807, 2.05) is 29.1 Å². The lowest BCUT2D eigenvalue weighted by molar-refractivity contribution is 0.864. The Bertz CT molecular complexity index is 2840. The first-order valence-corrected chi connectivity index (χ1v) is 24.4. The molecular weight excluding hydrogens is 793 g/mol. The maximum Gasteiger partial charge on any atom is 0.164 e. The molecule has 0 unspecified atom stereocenters. The first kappa shape index (κ1) is 40.5. The van der Waals surface area contributed by atoms with Crippen LogP contribution >= 0.6 is 14.1 Å². The molecule has 0 saturated carbocycles. The molecule has 8 aromatic carbocycles. The lowest BCUT2D eigenvalue weighted by Gasteiger charge is -2.27. The van der Waals surface area contributed by atoms with Crippen molar-refractivity contribution in [1.82, 2.24) is 9.78 Å². The molecule has 7 heteroatoms. The predicted molar refractivity (Wildman–Crippen MR) is 265 cm³/mol. The van der Waals surface area contributed by atoms with Gasteiger partial charge in [-0.15, -0.1) is 0 Å². The van der Waals surface area contributed by atoms with Crippen LogP contribution < -0.4 is 31.8 Å². The summed E-state index contributed by atoms with van der Waals surface area (Å²) in [5, 5.41) is 12.3. The summed E-state index contributed by atoms with van der Waals surface area (Å²) >= 11 is 0. The molecule has 0 radical (unpaired) electrons. The Morgan fingerprint density at radius 3 is 1.23 bits per heavy atom. The fraction of sp³-hybridized carbons (Fsp3) is 0.0545. The number of nitrogens with zero attached hydrogens (tertiary/aromatic N) is 5. The van der Waals surface area contributed by atoms with Gasteiger partial charge in [-0.2, -0.15) is 5.10 Å². The van der Waals surface area contributed by atoms with Gasteiger partial charge in [-0.05, 0) is 37.6 Å². The molecule has 0 fully saturated rings. The molecule has 0 spiro atoms. The van der Waals surface area contributed by atoms with E-state index in [-0.39, 0.29) is 0 Å². The zero-order valence-electron chi connectivity index (χ0n) is 34.9. The molecule has 5 nitrogen and oxygen atoms in total. The van der Waals surface area contributed by atoms with E-state index >= 15 is 0 Å². The summed E-state index contributed by atoms with van der Waals surface area (Å²) in [5.74, 6) is 0.763. The van der Waals surface area contributed by atoms with E-state index in [0.29, 0.717) is 6.54 Å². The third-order valence-electron chi connectivity index (χ3n) is 11.1. The van der Waals surface area contributed by atoms with Crippen LogP contribution in [0.1, 0.15) is 22.4 Å². The second-order valence-electron chi connectivity index (χ2n) is 15.2. The highest BCUT2D eigenvalue weighted by atomic mass is 31.2. The van der Waals surface area contributed by atoms with Gasteiger partial charge in [0.2, 0.25) is 0 Å². The average Bonchev–Trinajstić information content (AvgIpc) is 3.65. The van der Waals surface area contributed by atoms with Gasteiger partial charge < -0.3 is 0 Å². The smallest absolute Gasteiger partial charge is 0.164 e. The van der Waals surface area contributed by atoms with E-state index in [4.69, 9.17) is 19.6 Å². The fourth-order valence-corrected chi connectivity index (χ4v) is 15.2. The van der Waals surface area contributed by atoms with Gasteiger partial charge in [0.15, 0.2) is 5.82 Å². The Labute approximate surface area is 365 Å². The zero-order valence-corrected chi connectivity index (χ0v) is 36.6. The molecule has 9 rings (SSSR count). The van der Waals surface area contributed by atoms with Gasteiger partial charge in [0.1, 0.15) is 0 Å². The SMILES string of the molecule is Cc1ccc(N=P(c2ccccc2)(c2ccccc2)c2ccccc2)c(CN=Cc2c(C)nn(-c3ccccc3)c2N=P(c2ccccc2)(c2ccccc2)c2ccccc2)c1. The Balaban J connectivity index is 1.25. The Hall–Kier alpha value is -6.90. The summed E-state index contributed by atoms with van der Waals surface area (Å²) in [4.78, 5) is 5.26. The predicted octanol–water partition coefficient (Wildman–Crippen LogP) is 11.7. The van der Waals surface area contributed by atoms with Gasteiger partial charge in [-0.1, -0.05) is 218 Å². The summed E-state index contributed by atoms with van der Waals surface area (Å²) in [6.45, 7) is 4.61. The lowest BCUT2D eigenvalue weighted by Crippen LogP contribution is -2.25. The molecule has 0 amide bonds. The van der Waals surface area contributed by atoms with Crippen LogP contribution in [-0.2, 0) is 6.54 Å². The average molecular weight is 840 g/mol. The first-order chi connectivity index (χ1) is 30.6. The van der Waals surface area contributed by atoms with Crippen molar-refractivity contribution in [2.75, 3.05) is 0 Å². The molecule has 0 N–H and O–H groups in total. The minimum absolute atomic E-state index is 0.421. The lowest BCUT2D eigenvalue weighted by atomic mass is 10.1. The molecule has 0 atom stereocenters. The Kier molecular flexibility index (Phi) is 12.0. The molecular formula is C55H47N5P2. The Morgan fingerprint density at radius 1 is 0.452 bits per heavy atom. The number of aromatic nitrogens is 2. The monoisotopic (exact) mass is 839 g/mol. The van der Waals surface area contributed by atoms with Crippen LogP contribution in [-0.4, -0.2) is 16.0 Å². The maximum atomic E-state index is 6.01.